The first-order valence-corrected chi connectivity index (χ1v) is 3.74. The summed E-state index contributed by atoms with van der Waals surface area (Å²) in [5.74, 6) is -0.239. The van der Waals surface area contributed by atoms with Crippen LogP contribution in [-0.2, 0) is 0 Å². The molecule has 1 rings (SSSR count). The average Bonchev–Trinajstić information content (AvgIpc) is 2.34. The number of rotatable bonds is 2. The van der Waals surface area contributed by atoms with Gasteiger partial charge in [0.15, 0.2) is 0 Å². The first kappa shape index (κ1) is 7.44. The summed E-state index contributed by atoms with van der Waals surface area (Å²) in [6.07, 6.45) is 1.52. The molecule has 1 heterocycles. The maximum atomic E-state index is 12.7. The molecule has 0 aliphatic heterocycles. The van der Waals surface area contributed by atoms with E-state index >= 15 is 0 Å². The van der Waals surface area contributed by atoms with Crippen LogP contribution in [0, 0.1) is 5.82 Å². The molecule has 2 N–H and O–H groups in total. The van der Waals surface area contributed by atoms with Crippen molar-refractivity contribution in [3.05, 3.63) is 34.8 Å². The van der Waals surface area contributed by atoms with E-state index in [-0.39, 0.29) is 11.9 Å². The van der Waals surface area contributed by atoms with E-state index in [1.165, 1.54) is 23.5 Å². The second kappa shape index (κ2) is 2.94. The van der Waals surface area contributed by atoms with Crippen molar-refractivity contribution >= 4 is 11.3 Å². The van der Waals surface area contributed by atoms with Gasteiger partial charge in [0.25, 0.3) is 0 Å². The molecule has 0 amide bonds. The van der Waals surface area contributed by atoms with Crippen molar-refractivity contribution in [1.29, 1.82) is 0 Å². The minimum atomic E-state index is -0.361. The van der Waals surface area contributed by atoms with Crippen molar-refractivity contribution in [2.24, 2.45) is 5.73 Å². The maximum absolute atomic E-state index is 12.7. The van der Waals surface area contributed by atoms with Crippen molar-refractivity contribution in [3.8, 4) is 0 Å². The highest BCUT2D eigenvalue weighted by Crippen LogP contribution is 2.21. The van der Waals surface area contributed by atoms with Gasteiger partial charge in [0.1, 0.15) is 5.82 Å². The SMILES string of the molecule is C=CC(N)c1sccc1F. The van der Waals surface area contributed by atoms with Crippen LogP contribution >= 0.6 is 11.3 Å². The molecule has 0 aliphatic carbocycles. The predicted molar refractivity (Wildman–Crippen MR) is 41.4 cm³/mol. The van der Waals surface area contributed by atoms with Gasteiger partial charge in [-0.05, 0) is 11.4 Å². The lowest BCUT2D eigenvalue weighted by atomic mass is 10.2. The first-order valence-electron chi connectivity index (χ1n) is 2.86. The molecule has 1 aromatic heterocycles. The number of nitrogens with two attached hydrogens (primary N) is 1. The fourth-order valence-electron chi connectivity index (χ4n) is 0.650. The molecule has 0 saturated heterocycles. The number of hydrogen-bond donors (Lipinski definition) is 1. The molecule has 0 radical (unpaired) electrons. The van der Waals surface area contributed by atoms with E-state index in [2.05, 4.69) is 6.58 Å². The molecule has 0 spiro atoms. The smallest absolute Gasteiger partial charge is 0.139 e. The van der Waals surface area contributed by atoms with Gasteiger partial charge < -0.3 is 5.73 Å². The molecule has 1 unspecified atom stereocenters. The molecule has 54 valence electrons. The highest BCUT2D eigenvalue weighted by molar-refractivity contribution is 7.10. The van der Waals surface area contributed by atoms with E-state index in [4.69, 9.17) is 5.73 Å². The van der Waals surface area contributed by atoms with Crippen LogP contribution in [0.25, 0.3) is 0 Å². The van der Waals surface area contributed by atoms with E-state index in [9.17, 15) is 4.39 Å². The third kappa shape index (κ3) is 1.25. The molecule has 1 aromatic rings. The minimum Gasteiger partial charge on any atom is -0.320 e. The van der Waals surface area contributed by atoms with E-state index < -0.39 is 0 Å². The van der Waals surface area contributed by atoms with Crippen LogP contribution in [0.2, 0.25) is 0 Å². The zero-order valence-electron chi connectivity index (χ0n) is 5.38. The minimum absolute atomic E-state index is 0.239. The second-order valence-electron chi connectivity index (χ2n) is 1.89. The van der Waals surface area contributed by atoms with E-state index in [0.717, 1.165) is 0 Å². The molecule has 0 saturated carbocycles. The predicted octanol–water partition coefficient (Wildman–Crippen LogP) is 2.07. The Kier molecular flexibility index (Phi) is 2.19. The molecule has 1 nitrogen and oxygen atoms in total. The summed E-state index contributed by atoms with van der Waals surface area (Å²) < 4.78 is 12.7. The van der Waals surface area contributed by atoms with Gasteiger partial charge >= 0.3 is 0 Å². The Hall–Kier alpha value is -0.670. The van der Waals surface area contributed by atoms with Crippen LogP contribution in [0.4, 0.5) is 4.39 Å². The highest BCUT2D eigenvalue weighted by atomic mass is 32.1. The topological polar surface area (TPSA) is 26.0 Å². The molecule has 1 atom stereocenters. The molecule has 0 aliphatic rings. The van der Waals surface area contributed by atoms with E-state index in [1.54, 1.807) is 5.38 Å². The zero-order valence-corrected chi connectivity index (χ0v) is 6.20. The Balaban J connectivity index is 2.92. The van der Waals surface area contributed by atoms with Crippen LogP contribution in [0.3, 0.4) is 0 Å². The monoisotopic (exact) mass is 157 g/mol. The van der Waals surface area contributed by atoms with Crippen LogP contribution in [0.15, 0.2) is 24.1 Å². The van der Waals surface area contributed by atoms with Gasteiger partial charge in [0.05, 0.1) is 10.9 Å². The summed E-state index contributed by atoms with van der Waals surface area (Å²) in [5, 5.41) is 1.67. The summed E-state index contributed by atoms with van der Waals surface area (Å²) in [6, 6.07) is 1.04. The highest BCUT2D eigenvalue weighted by Gasteiger charge is 2.07. The van der Waals surface area contributed by atoms with Crippen molar-refractivity contribution in [1.82, 2.24) is 0 Å². The summed E-state index contributed by atoms with van der Waals surface area (Å²) >= 11 is 1.31. The van der Waals surface area contributed by atoms with E-state index in [1.807, 2.05) is 0 Å². The Morgan fingerprint density at radius 2 is 2.50 bits per heavy atom. The fourth-order valence-corrected chi connectivity index (χ4v) is 1.42. The lowest BCUT2D eigenvalue weighted by Gasteiger charge is -2.00. The Bertz CT molecular complexity index is 231. The third-order valence-corrected chi connectivity index (χ3v) is 2.19. The van der Waals surface area contributed by atoms with E-state index in [0.29, 0.717) is 4.88 Å². The summed E-state index contributed by atoms with van der Waals surface area (Å²) in [7, 11) is 0. The summed E-state index contributed by atoms with van der Waals surface area (Å²) in [4.78, 5) is 0.551. The quantitative estimate of drug-likeness (QED) is 0.653. The summed E-state index contributed by atoms with van der Waals surface area (Å²) in [5.41, 5.74) is 5.49. The standard InChI is InChI=1S/C7H8FNS/c1-2-6(9)7-5(8)3-4-10-7/h2-4,6H,1,9H2. The third-order valence-electron chi connectivity index (χ3n) is 1.20. The van der Waals surface area contributed by atoms with Gasteiger partial charge in [0.2, 0.25) is 0 Å². The van der Waals surface area contributed by atoms with Crippen molar-refractivity contribution in [2.75, 3.05) is 0 Å². The molecule has 0 aromatic carbocycles. The Morgan fingerprint density at radius 3 is 2.90 bits per heavy atom. The fraction of sp³-hybridized carbons (Fsp3) is 0.143. The molecule has 0 bridgehead atoms. The molecular formula is C7H8FNS. The van der Waals surface area contributed by atoms with Crippen molar-refractivity contribution in [3.63, 3.8) is 0 Å². The number of thiophene rings is 1. The lowest BCUT2D eigenvalue weighted by molar-refractivity contribution is 0.612. The van der Waals surface area contributed by atoms with Crippen molar-refractivity contribution < 1.29 is 4.39 Å². The molecule has 0 fully saturated rings. The second-order valence-corrected chi connectivity index (χ2v) is 2.84. The number of halogens is 1. The van der Waals surface area contributed by atoms with Gasteiger partial charge in [-0.1, -0.05) is 6.08 Å². The Morgan fingerprint density at radius 1 is 1.80 bits per heavy atom. The first-order chi connectivity index (χ1) is 4.75. The van der Waals surface area contributed by atoms with Crippen LogP contribution in [-0.4, -0.2) is 0 Å². The number of hydrogen-bond acceptors (Lipinski definition) is 2. The van der Waals surface area contributed by atoms with Gasteiger partial charge in [-0.25, -0.2) is 4.39 Å². The van der Waals surface area contributed by atoms with Crippen LogP contribution in [0.5, 0.6) is 0 Å². The zero-order chi connectivity index (χ0) is 7.56. The summed E-state index contributed by atoms with van der Waals surface area (Å²) in [6.45, 7) is 3.47. The molecule has 3 heteroatoms. The normalized spacial score (nSPS) is 13.0. The largest absolute Gasteiger partial charge is 0.320 e. The van der Waals surface area contributed by atoms with Crippen LogP contribution in [0.1, 0.15) is 10.9 Å². The molecular weight excluding hydrogens is 149 g/mol. The lowest BCUT2D eigenvalue weighted by Crippen LogP contribution is -2.05. The molecule has 10 heavy (non-hydrogen) atoms. The van der Waals surface area contributed by atoms with Gasteiger partial charge in [-0.3, -0.25) is 0 Å². The van der Waals surface area contributed by atoms with Gasteiger partial charge in [0, 0.05) is 0 Å². The van der Waals surface area contributed by atoms with Crippen molar-refractivity contribution in [2.45, 2.75) is 6.04 Å². The van der Waals surface area contributed by atoms with Gasteiger partial charge in [-0.15, -0.1) is 17.9 Å². The van der Waals surface area contributed by atoms with Crippen LogP contribution < -0.4 is 5.73 Å². The Labute approximate surface area is 63.0 Å². The maximum Gasteiger partial charge on any atom is 0.139 e. The van der Waals surface area contributed by atoms with Gasteiger partial charge in [-0.2, -0.15) is 0 Å². The average molecular weight is 157 g/mol.